The summed E-state index contributed by atoms with van der Waals surface area (Å²) >= 11 is 0. The predicted octanol–water partition coefficient (Wildman–Crippen LogP) is 3.66. The summed E-state index contributed by atoms with van der Waals surface area (Å²) in [6.07, 6.45) is 4.11. The number of aliphatic hydroxyl groups is 1. The summed E-state index contributed by atoms with van der Waals surface area (Å²) in [5, 5.41) is 10.4. The highest BCUT2D eigenvalue weighted by atomic mass is 16.5. The van der Waals surface area contributed by atoms with Crippen LogP contribution in [0.15, 0.2) is 42.5 Å². The summed E-state index contributed by atoms with van der Waals surface area (Å²) in [6.45, 7) is 1.94. The van der Waals surface area contributed by atoms with Crippen LogP contribution in [0.25, 0.3) is 0 Å². The van der Waals surface area contributed by atoms with E-state index in [0.29, 0.717) is 18.9 Å². The number of esters is 1. The van der Waals surface area contributed by atoms with Gasteiger partial charge in [-0.2, -0.15) is 0 Å². The molecule has 0 saturated carbocycles. The standard InChI is InChI=1S/C23H29NO4/c1-16(25)27-14-18-11-19-10-17(6-5-9-22(19)23(24)13-18)12-20(26)15-28-21-7-3-2-4-8-21/h2-4,7-8,11,13,17,20,26H,5-6,9-10,12,14-15,24H2,1H3/t17?,20-/m0/s1. The zero-order valence-corrected chi connectivity index (χ0v) is 16.4. The van der Waals surface area contributed by atoms with Crippen molar-refractivity contribution in [3.8, 4) is 5.75 Å². The summed E-state index contributed by atoms with van der Waals surface area (Å²) < 4.78 is 10.8. The Bertz CT molecular complexity index is 791. The summed E-state index contributed by atoms with van der Waals surface area (Å²) in [4.78, 5) is 11.1. The van der Waals surface area contributed by atoms with E-state index in [1.165, 1.54) is 18.1 Å². The SMILES string of the molecule is CC(=O)OCc1cc(N)c2c(c1)CC(C[C@H](O)COc1ccccc1)CCC2. The van der Waals surface area contributed by atoms with Gasteiger partial charge in [0.05, 0.1) is 6.10 Å². The molecule has 2 aromatic carbocycles. The summed E-state index contributed by atoms with van der Waals surface area (Å²) in [6, 6.07) is 13.6. The zero-order valence-electron chi connectivity index (χ0n) is 16.4. The Labute approximate surface area is 166 Å². The molecule has 1 unspecified atom stereocenters. The maximum atomic E-state index is 11.1. The van der Waals surface area contributed by atoms with Gasteiger partial charge in [-0.1, -0.05) is 24.3 Å². The van der Waals surface area contributed by atoms with Crippen LogP contribution in [-0.4, -0.2) is 23.8 Å². The van der Waals surface area contributed by atoms with Gasteiger partial charge in [0.25, 0.3) is 0 Å². The molecular formula is C23H29NO4. The predicted molar refractivity (Wildman–Crippen MR) is 109 cm³/mol. The van der Waals surface area contributed by atoms with Gasteiger partial charge in [-0.05, 0) is 72.9 Å². The molecular weight excluding hydrogens is 354 g/mol. The van der Waals surface area contributed by atoms with Crippen LogP contribution in [0.1, 0.15) is 42.9 Å². The third kappa shape index (κ3) is 5.73. The number of carbonyl (C=O) groups is 1. The smallest absolute Gasteiger partial charge is 0.302 e. The highest BCUT2D eigenvalue weighted by molar-refractivity contribution is 5.66. The summed E-state index contributed by atoms with van der Waals surface area (Å²) in [5.74, 6) is 0.850. The first-order chi connectivity index (χ1) is 13.5. The van der Waals surface area contributed by atoms with E-state index < -0.39 is 6.10 Å². The first-order valence-corrected chi connectivity index (χ1v) is 9.90. The van der Waals surface area contributed by atoms with E-state index in [0.717, 1.165) is 42.7 Å². The second kappa shape index (κ2) is 9.60. The Kier molecular flexibility index (Phi) is 6.93. The van der Waals surface area contributed by atoms with Gasteiger partial charge in [0.15, 0.2) is 0 Å². The molecule has 5 heteroatoms. The van der Waals surface area contributed by atoms with Crippen LogP contribution >= 0.6 is 0 Å². The Balaban J connectivity index is 1.61. The third-order valence-corrected chi connectivity index (χ3v) is 5.22. The van der Waals surface area contributed by atoms with Crippen LogP contribution in [-0.2, 0) is 29.0 Å². The normalized spacial score (nSPS) is 17.3. The highest BCUT2D eigenvalue weighted by Gasteiger charge is 2.22. The molecule has 0 spiro atoms. The van der Waals surface area contributed by atoms with E-state index >= 15 is 0 Å². The molecule has 1 aliphatic carbocycles. The van der Waals surface area contributed by atoms with Crippen LogP contribution in [0.5, 0.6) is 5.75 Å². The maximum absolute atomic E-state index is 11.1. The zero-order chi connectivity index (χ0) is 19.9. The van der Waals surface area contributed by atoms with Crippen LogP contribution in [0.4, 0.5) is 5.69 Å². The van der Waals surface area contributed by atoms with Crippen LogP contribution in [0.3, 0.4) is 0 Å². The van der Waals surface area contributed by atoms with Gasteiger partial charge in [0.1, 0.15) is 19.0 Å². The minimum Gasteiger partial charge on any atom is -0.491 e. The average Bonchev–Trinajstić information content (AvgIpc) is 2.87. The van der Waals surface area contributed by atoms with Crippen molar-refractivity contribution in [3.63, 3.8) is 0 Å². The number of nitrogen functional groups attached to an aromatic ring is 1. The first kappa shape index (κ1) is 20.2. The minimum absolute atomic E-state index is 0.241. The number of hydrogen-bond acceptors (Lipinski definition) is 5. The molecule has 1 aliphatic rings. The van der Waals surface area contributed by atoms with E-state index in [1.807, 2.05) is 36.4 Å². The van der Waals surface area contributed by atoms with Crippen molar-refractivity contribution in [1.82, 2.24) is 0 Å². The summed E-state index contributed by atoms with van der Waals surface area (Å²) in [5.41, 5.74) is 10.4. The number of benzene rings is 2. The number of nitrogens with two attached hydrogens (primary N) is 1. The van der Waals surface area contributed by atoms with Crippen LogP contribution in [0.2, 0.25) is 0 Å². The molecule has 0 bridgehead atoms. The number of rotatable bonds is 7. The van der Waals surface area contributed by atoms with Crippen molar-refractivity contribution in [2.75, 3.05) is 12.3 Å². The molecule has 0 fully saturated rings. The van der Waals surface area contributed by atoms with Crippen molar-refractivity contribution in [1.29, 1.82) is 0 Å². The fraction of sp³-hybridized carbons (Fsp3) is 0.435. The number of aliphatic hydroxyl groups excluding tert-OH is 1. The molecule has 0 radical (unpaired) electrons. The Morgan fingerprint density at radius 3 is 2.82 bits per heavy atom. The molecule has 2 atom stereocenters. The Hall–Kier alpha value is -2.53. The Morgan fingerprint density at radius 2 is 2.07 bits per heavy atom. The van der Waals surface area contributed by atoms with E-state index in [-0.39, 0.29) is 12.6 Å². The van der Waals surface area contributed by atoms with Gasteiger partial charge in [-0.3, -0.25) is 4.79 Å². The monoisotopic (exact) mass is 383 g/mol. The van der Waals surface area contributed by atoms with Crippen molar-refractivity contribution < 1.29 is 19.4 Å². The second-order valence-electron chi connectivity index (χ2n) is 7.58. The van der Waals surface area contributed by atoms with Gasteiger partial charge in [-0.15, -0.1) is 0 Å². The maximum Gasteiger partial charge on any atom is 0.302 e. The van der Waals surface area contributed by atoms with Gasteiger partial charge >= 0.3 is 5.97 Å². The van der Waals surface area contributed by atoms with Gasteiger partial charge < -0.3 is 20.3 Å². The number of ether oxygens (including phenoxy) is 2. The number of fused-ring (bicyclic) bond motifs is 1. The molecule has 0 amide bonds. The fourth-order valence-electron chi connectivity index (χ4n) is 3.92. The highest BCUT2D eigenvalue weighted by Crippen LogP contribution is 2.32. The van der Waals surface area contributed by atoms with Gasteiger partial charge in [0, 0.05) is 12.6 Å². The topological polar surface area (TPSA) is 81.8 Å². The average molecular weight is 383 g/mol. The molecule has 0 saturated heterocycles. The lowest BCUT2D eigenvalue weighted by Crippen LogP contribution is -2.22. The number of carbonyl (C=O) groups excluding carboxylic acids is 1. The van der Waals surface area contributed by atoms with Crippen molar-refractivity contribution in [2.45, 2.75) is 51.7 Å². The molecule has 150 valence electrons. The van der Waals surface area contributed by atoms with Crippen molar-refractivity contribution in [2.24, 2.45) is 5.92 Å². The fourth-order valence-corrected chi connectivity index (χ4v) is 3.92. The number of para-hydroxylation sites is 1. The number of hydrogen-bond donors (Lipinski definition) is 2. The lowest BCUT2D eigenvalue weighted by molar-refractivity contribution is -0.142. The quantitative estimate of drug-likeness (QED) is 0.433. The lowest BCUT2D eigenvalue weighted by Gasteiger charge is -2.20. The van der Waals surface area contributed by atoms with E-state index in [9.17, 15) is 9.90 Å². The van der Waals surface area contributed by atoms with E-state index in [4.69, 9.17) is 15.2 Å². The first-order valence-electron chi connectivity index (χ1n) is 9.90. The number of anilines is 1. The van der Waals surface area contributed by atoms with E-state index in [1.54, 1.807) is 0 Å². The molecule has 0 aromatic heterocycles. The van der Waals surface area contributed by atoms with Crippen molar-refractivity contribution in [3.05, 3.63) is 59.2 Å². The lowest BCUT2D eigenvalue weighted by atomic mass is 9.90. The molecule has 28 heavy (non-hydrogen) atoms. The minimum atomic E-state index is -0.506. The summed E-state index contributed by atoms with van der Waals surface area (Å²) in [7, 11) is 0. The van der Waals surface area contributed by atoms with Crippen LogP contribution < -0.4 is 10.5 Å². The second-order valence-corrected chi connectivity index (χ2v) is 7.58. The molecule has 5 nitrogen and oxygen atoms in total. The Morgan fingerprint density at radius 1 is 1.29 bits per heavy atom. The van der Waals surface area contributed by atoms with Gasteiger partial charge in [0.2, 0.25) is 0 Å². The van der Waals surface area contributed by atoms with Gasteiger partial charge in [-0.25, -0.2) is 0 Å². The van der Waals surface area contributed by atoms with Crippen molar-refractivity contribution >= 4 is 11.7 Å². The molecule has 0 aliphatic heterocycles. The molecule has 3 N–H and O–H groups in total. The third-order valence-electron chi connectivity index (χ3n) is 5.22. The molecule has 0 heterocycles. The van der Waals surface area contributed by atoms with Crippen LogP contribution in [0, 0.1) is 5.92 Å². The molecule has 3 rings (SSSR count). The van der Waals surface area contributed by atoms with E-state index in [2.05, 4.69) is 6.07 Å². The molecule has 2 aromatic rings. The largest absolute Gasteiger partial charge is 0.491 e.